The molecule has 1 aromatic rings. The highest BCUT2D eigenvalue weighted by Gasteiger charge is 2.13. The Morgan fingerprint density at radius 3 is 2.59 bits per heavy atom. The van der Waals surface area contributed by atoms with Crippen LogP contribution in [-0.4, -0.2) is 41.5 Å². The summed E-state index contributed by atoms with van der Waals surface area (Å²) in [5.41, 5.74) is 0.403. The van der Waals surface area contributed by atoms with Crippen molar-refractivity contribution in [1.82, 2.24) is 10.2 Å². The molecule has 0 atom stereocenters. The van der Waals surface area contributed by atoms with E-state index in [2.05, 4.69) is 5.32 Å². The van der Waals surface area contributed by atoms with Crippen molar-refractivity contribution in [2.24, 2.45) is 0 Å². The van der Waals surface area contributed by atoms with Gasteiger partial charge in [-0.1, -0.05) is 12.1 Å². The van der Waals surface area contributed by atoms with E-state index in [9.17, 15) is 14.7 Å². The summed E-state index contributed by atoms with van der Waals surface area (Å²) in [6.07, 6.45) is 1.36. The highest BCUT2D eigenvalue weighted by Crippen LogP contribution is 2.14. The van der Waals surface area contributed by atoms with Crippen molar-refractivity contribution in [3.63, 3.8) is 0 Å². The zero-order valence-corrected chi connectivity index (χ0v) is 12.7. The summed E-state index contributed by atoms with van der Waals surface area (Å²) in [6.45, 7) is 4.68. The largest absolute Gasteiger partial charge is 0.508 e. The third kappa shape index (κ3) is 4.94. The molecule has 22 heavy (non-hydrogen) atoms. The van der Waals surface area contributed by atoms with Crippen LogP contribution in [0.1, 0.15) is 19.4 Å². The maximum absolute atomic E-state index is 11.9. The van der Waals surface area contributed by atoms with Gasteiger partial charge in [0.1, 0.15) is 17.4 Å². The molecular weight excluding hydrogens is 282 g/mol. The van der Waals surface area contributed by atoms with Gasteiger partial charge in [0.15, 0.2) is 0 Å². The van der Waals surface area contributed by atoms with E-state index in [4.69, 9.17) is 5.26 Å². The van der Waals surface area contributed by atoms with Crippen molar-refractivity contribution in [1.29, 1.82) is 5.26 Å². The van der Waals surface area contributed by atoms with E-state index in [1.807, 2.05) is 13.8 Å². The summed E-state index contributed by atoms with van der Waals surface area (Å²) in [5.74, 6) is -0.775. The van der Waals surface area contributed by atoms with E-state index >= 15 is 0 Å². The minimum absolute atomic E-state index is 0.0446. The van der Waals surface area contributed by atoms with Crippen molar-refractivity contribution < 1.29 is 14.7 Å². The Morgan fingerprint density at radius 1 is 1.36 bits per heavy atom. The third-order valence-electron chi connectivity index (χ3n) is 3.06. The first kappa shape index (κ1) is 17.2. The molecule has 0 heterocycles. The van der Waals surface area contributed by atoms with Gasteiger partial charge in [-0.3, -0.25) is 9.59 Å². The minimum Gasteiger partial charge on any atom is -0.508 e. The van der Waals surface area contributed by atoms with Crippen LogP contribution in [0.5, 0.6) is 5.75 Å². The third-order valence-corrected chi connectivity index (χ3v) is 3.06. The molecule has 0 spiro atoms. The van der Waals surface area contributed by atoms with Crippen LogP contribution in [0.4, 0.5) is 0 Å². The van der Waals surface area contributed by atoms with Crippen LogP contribution in [0.15, 0.2) is 29.8 Å². The quantitative estimate of drug-likeness (QED) is 0.611. The molecule has 116 valence electrons. The summed E-state index contributed by atoms with van der Waals surface area (Å²) in [5, 5.41) is 20.9. The van der Waals surface area contributed by atoms with Crippen LogP contribution in [0, 0.1) is 11.3 Å². The lowest BCUT2D eigenvalue weighted by molar-refractivity contribution is -0.131. The van der Waals surface area contributed by atoms with Crippen molar-refractivity contribution in [3.8, 4) is 11.8 Å². The topological polar surface area (TPSA) is 93.4 Å². The van der Waals surface area contributed by atoms with Crippen molar-refractivity contribution >= 4 is 17.9 Å². The number of aromatic hydroxyl groups is 1. The van der Waals surface area contributed by atoms with E-state index in [1.54, 1.807) is 23.1 Å². The summed E-state index contributed by atoms with van der Waals surface area (Å²) in [6, 6.07) is 7.99. The molecule has 0 saturated carbocycles. The van der Waals surface area contributed by atoms with Gasteiger partial charge in [-0.15, -0.1) is 0 Å². The predicted octanol–water partition coefficient (Wildman–Crippen LogP) is 1.28. The average molecular weight is 301 g/mol. The minimum atomic E-state index is -0.619. The first-order chi connectivity index (χ1) is 10.5. The number of hydrogen-bond acceptors (Lipinski definition) is 4. The molecule has 1 aromatic carbocycles. The van der Waals surface area contributed by atoms with E-state index in [-0.39, 0.29) is 23.8 Å². The molecule has 0 aromatic heterocycles. The van der Waals surface area contributed by atoms with Crippen LogP contribution >= 0.6 is 0 Å². The van der Waals surface area contributed by atoms with Crippen LogP contribution < -0.4 is 5.32 Å². The fraction of sp³-hybridized carbons (Fsp3) is 0.312. The summed E-state index contributed by atoms with van der Waals surface area (Å²) in [4.78, 5) is 25.3. The van der Waals surface area contributed by atoms with Gasteiger partial charge in [-0.2, -0.15) is 5.26 Å². The molecule has 0 aliphatic heterocycles. The molecule has 6 nitrogen and oxygen atoms in total. The van der Waals surface area contributed by atoms with E-state index in [1.165, 1.54) is 18.2 Å². The number of carbonyl (C=O) groups excluding carboxylic acids is 2. The number of phenolic OH excluding ortho intramolecular Hbond substituents is 1. The second kappa shape index (κ2) is 8.47. The van der Waals surface area contributed by atoms with Gasteiger partial charge >= 0.3 is 0 Å². The maximum Gasteiger partial charge on any atom is 0.262 e. The van der Waals surface area contributed by atoms with Gasteiger partial charge in [0.25, 0.3) is 5.91 Å². The van der Waals surface area contributed by atoms with Crippen molar-refractivity contribution in [2.75, 3.05) is 19.6 Å². The highest BCUT2D eigenvalue weighted by atomic mass is 16.3. The summed E-state index contributed by atoms with van der Waals surface area (Å²) >= 11 is 0. The first-order valence-corrected chi connectivity index (χ1v) is 6.98. The number of nitrogens with one attached hydrogen (secondary N) is 1. The monoisotopic (exact) mass is 301 g/mol. The average Bonchev–Trinajstić information content (AvgIpc) is 2.51. The zero-order valence-electron chi connectivity index (χ0n) is 12.7. The van der Waals surface area contributed by atoms with E-state index in [0.717, 1.165) is 0 Å². The van der Waals surface area contributed by atoms with Crippen molar-refractivity contribution in [2.45, 2.75) is 13.8 Å². The number of hydrogen-bond donors (Lipinski definition) is 2. The van der Waals surface area contributed by atoms with Crippen LogP contribution in [0.3, 0.4) is 0 Å². The number of phenols is 1. The Labute approximate surface area is 129 Å². The Hall–Kier alpha value is -2.81. The highest BCUT2D eigenvalue weighted by molar-refractivity contribution is 6.03. The van der Waals surface area contributed by atoms with Gasteiger partial charge in [0.05, 0.1) is 6.54 Å². The fourth-order valence-corrected chi connectivity index (χ4v) is 1.87. The number of nitriles is 1. The lowest BCUT2D eigenvalue weighted by Gasteiger charge is -2.18. The number of benzene rings is 1. The van der Waals surface area contributed by atoms with Crippen LogP contribution in [0.25, 0.3) is 6.08 Å². The predicted molar refractivity (Wildman–Crippen MR) is 82.6 cm³/mol. The van der Waals surface area contributed by atoms with Crippen LogP contribution in [0.2, 0.25) is 0 Å². The van der Waals surface area contributed by atoms with Gasteiger partial charge in [0, 0.05) is 13.1 Å². The second-order valence-electron chi connectivity index (χ2n) is 4.51. The molecule has 1 rings (SSSR count). The van der Waals surface area contributed by atoms with Crippen LogP contribution in [-0.2, 0) is 9.59 Å². The molecule has 0 aliphatic rings. The molecule has 2 amide bonds. The van der Waals surface area contributed by atoms with E-state index in [0.29, 0.717) is 18.7 Å². The number of likely N-dealkylation sites (N-methyl/N-ethyl adjacent to an activating group) is 1. The van der Waals surface area contributed by atoms with Crippen molar-refractivity contribution in [3.05, 3.63) is 35.4 Å². The number of nitrogens with zero attached hydrogens (tertiary/aromatic N) is 2. The Balaban J connectivity index is 2.74. The number of amides is 2. The number of rotatable bonds is 6. The normalized spacial score (nSPS) is 10.7. The molecule has 2 N–H and O–H groups in total. The molecule has 0 bridgehead atoms. The van der Waals surface area contributed by atoms with Gasteiger partial charge in [0.2, 0.25) is 5.91 Å². The maximum atomic E-state index is 11.9. The molecule has 0 radical (unpaired) electrons. The first-order valence-electron chi connectivity index (χ1n) is 6.98. The zero-order chi connectivity index (χ0) is 16.5. The molecule has 0 unspecified atom stereocenters. The van der Waals surface area contributed by atoms with Gasteiger partial charge < -0.3 is 15.3 Å². The molecule has 0 aliphatic carbocycles. The molecule has 0 fully saturated rings. The lowest BCUT2D eigenvalue weighted by atomic mass is 10.1. The van der Waals surface area contributed by atoms with E-state index < -0.39 is 5.91 Å². The Morgan fingerprint density at radius 2 is 2.05 bits per heavy atom. The van der Waals surface area contributed by atoms with Gasteiger partial charge in [-0.05, 0) is 37.6 Å². The molecule has 6 heteroatoms. The standard InChI is InChI=1S/C16H19N3O3/c1-3-19(4-2)15(21)11-18-16(22)13(10-17)8-12-6-5-7-14(20)9-12/h5-9,20H,3-4,11H2,1-2H3,(H,18,22)/b13-8+. The Kier molecular flexibility index (Phi) is 6.64. The SMILES string of the molecule is CCN(CC)C(=O)CNC(=O)/C(C#N)=C/c1cccc(O)c1. The smallest absolute Gasteiger partial charge is 0.262 e. The summed E-state index contributed by atoms with van der Waals surface area (Å²) in [7, 11) is 0. The van der Waals surface area contributed by atoms with Gasteiger partial charge in [-0.25, -0.2) is 0 Å². The second-order valence-corrected chi connectivity index (χ2v) is 4.51. The lowest BCUT2D eigenvalue weighted by Crippen LogP contribution is -2.40. The number of carbonyl (C=O) groups is 2. The Bertz CT molecular complexity index is 613. The molecular formula is C16H19N3O3. The molecule has 0 saturated heterocycles. The fourth-order valence-electron chi connectivity index (χ4n) is 1.87. The summed E-state index contributed by atoms with van der Waals surface area (Å²) < 4.78 is 0.